The van der Waals surface area contributed by atoms with Gasteiger partial charge in [-0.3, -0.25) is 4.79 Å². The molecule has 0 unspecified atom stereocenters. The molecule has 1 fully saturated rings. The number of rotatable bonds is 5. The Balaban J connectivity index is 1.37. The number of hydrogen-bond acceptors (Lipinski definition) is 4. The number of amides is 1. The number of pyridine rings is 1. The molecule has 1 aliphatic carbocycles. The second kappa shape index (κ2) is 9.39. The lowest BCUT2D eigenvalue weighted by atomic mass is 9.85. The predicted octanol–water partition coefficient (Wildman–Crippen LogP) is 5.40. The molecule has 32 heavy (non-hydrogen) atoms. The standard InChI is InChI=1S/C26H29N5O/c32-26(25-28-14-15-29-25)30-23-10-9-21(18-22(23)20-6-2-1-3-7-20)19-11-16-31(17-12-19)24-8-4-5-13-27-24/h4-6,8-10,13-15,18-19H,1-3,7,11-12,16-17H2,(H,28,29)(H,30,32). The van der Waals surface area contributed by atoms with Crippen molar-refractivity contribution in [1.29, 1.82) is 0 Å². The van der Waals surface area contributed by atoms with Gasteiger partial charge in [0.05, 0.1) is 0 Å². The second-order valence-corrected chi connectivity index (χ2v) is 8.62. The van der Waals surface area contributed by atoms with E-state index in [1.807, 2.05) is 18.3 Å². The van der Waals surface area contributed by atoms with Crippen molar-refractivity contribution < 1.29 is 4.79 Å². The van der Waals surface area contributed by atoms with Crippen LogP contribution in [0.3, 0.4) is 0 Å². The van der Waals surface area contributed by atoms with Crippen LogP contribution in [-0.4, -0.2) is 33.9 Å². The Morgan fingerprint density at radius 3 is 2.69 bits per heavy atom. The summed E-state index contributed by atoms with van der Waals surface area (Å²) in [5, 5.41) is 3.08. The van der Waals surface area contributed by atoms with Crippen molar-refractivity contribution in [3.05, 3.63) is 78.0 Å². The molecule has 0 bridgehead atoms. The van der Waals surface area contributed by atoms with E-state index in [2.05, 4.69) is 55.5 Å². The van der Waals surface area contributed by atoms with Crippen LogP contribution in [0.1, 0.15) is 66.2 Å². The van der Waals surface area contributed by atoms with Crippen LogP contribution in [-0.2, 0) is 0 Å². The molecule has 1 aliphatic heterocycles. The molecule has 1 amide bonds. The van der Waals surface area contributed by atoms with E-state index in [9.17, 15) is 4.79 Å². The summed E-state index contributed by atoms with van der Waals surface area (Å²) in [4.78, 5) is 26.5. The Bertz CT molecular complexity index is 1080. The first-order valence-electron chi connectivity index (χ1n) is 11.6. The molecule has 164 valence electrons. The third-order valence-corrected chi connectivity index (χ3v) is 6.58. The maximum Gasteiger partial charge on any atom is 0.291 e. The number of anilines is 2. The zero-order valence-electron chi connectivity index (χ0n) is 18.3. The fourth-order valence-corrected chi connectivity index (χ4v) is 4.83. The highest BCUT2D eigenvalue weighted by Gasteiger charge is 2.23. The molecule has 0 radical (unpaired) electrons. The van der Waals surface area contributed by atoms with Crippen LogP contribution in [0.5, 0.6) is 0 Å². The van der Waals surface area contributed by atoms with Crippen LogP contribution in [0.4, 0.5) is 11.5 Å². The van der Waals surface area contributed by atoms with Crippen LogP contribution in [0.2, 0.25) is 0 Å². The molecule has 3 aromatic rings. The van der Waals surface area contributed by atoms with Gasteiger partial charge in [0.2, 0.25) is 0 Å². The van der Waals surface area contributed by atoms with Crippen LogP contribution in [0.15, 0.2) is 61.1 Å². The van der Waals surface area contributed by atoms with Gasteiger partial charge in [-0.05, 0) is 79.8 Å². The number of nitrogens with one attached hydrogen (secondary N) is 2. The first-order chi connectivity index (χ1) is 15.8. The smallest absolute Gasteiger partial charge is 0.291 e. The van der Waals surface area contributed by atoms with Gasteiger partial charge in [-0.1, -0.05) is 18.2 Å². The van der Waals surface area contributed by atoms with Gasteiger partial charge in [0, 0.05) is 42.9 Å². The van der Waals surface area contributed by atoms with E-state index in [4.69, 9.17) is 0 Å². The topological polar surface area (TPSA) is 73.9 Å². The number of allylic oxidation sites excluding steroid dienone is 2. The van der Waals surface area contributed by atoms with Crippen molar-refractivity contribution in [2.45, 2.75) is 44.4 Å². The molecule has 0 spiro atoms. The maximum absolute atomic E-state index is 12.6. The molecule has 3 heterocycles. The van der Waals surface area contributed by atoms with E-state index in [-0.39, 0.29) is 5.91 Å². The van der Waals surface area contributed by atoms with Crippen molar-refractivity contribution in [2.24, 2.45) is 0 Å². The highest BCUT2D eigenvalue weighted by molar-refractivity contribution is 6.03. The Labute approximate surface area is 188 Å². The summed E-state index contributed by atoms with van der Waals surface area (Å²) in [6.45, 7) is 2.02. The highest BCUT2D eigenvalue weighted by atomic mass is 16.2. The Morgan fingerprint density at radius 2 is 1.97 bits per heavy atom. The molecule has 6 nitrogen and oxygen atoms in total. The third-order valence-electron chi connectivity index (χ3n) is 6.58. The monoisotopic (exact) mass is 427 g/mol. The molecular weight excluding hydrogens is 398 g/mol. The molecule has 6 heteroatoms. The van der Waals surface area contributed by atoms with Gasteiger partial charge in [0.25, 0.3) is 5.91 Å². The fourth-order valence-electron chi connectivity index (χ4n) is 4.83. The number of hydrogen-bond donors (Lipinski definition) is 2. The summed E-state index contributed by atoms with van der Waals surface area (Å²) >= 11 is 0. The summed E-state index contributed by atoms with van der Waals surface area (Å²) in [6.07, 6.45) is 14.3. The number of benzene rings is 1. The van der Waals surface area contributed by atoms with Crippen LogP contribution < -0.4 is 10.2 Å². The highest BCUT2D eigenvalue weighted by Crippen LogP contribution is 2.37. The third kappa shape index (κ3) is 4.44. The van der Waals surface area contributed by atoms with Gasteiger partial charge >= 0.3 is 0 Å². The van der Waals surface area contributed by atoms with E-state index in [1.165, 1.54) is 24.0 Å². The van der Waals surface area contributed by atoms with Gasteiger partial charge in [-0.2, -0.15) is 0 Å². The largest absolute Gasteiger partial charge is 0.357 e. The number of aromatic nitrogens is 3. The normalized spacial score (nSPS) is 17.1. The molecule has 1 saturated heterocycles. The van der Waals surface area contributed by atoms with Crippen molar-refractivity contribution in [3.8, 4) is 0 Å². The minimum Gasteiger partial charge on any atom is -0.357 e. The van der Waals surface area contributed by atoms with Crippen LogP contribution in [0.25, 0.3) is 5.57 Å². The van der Waals surface area contributed by atoms with Crippen molar-refractivity contribution in [3.63, 3.8) is 0 Å². The molecule has 2 aliphatic rings. The summed E-state index contributed by atoms with van der Waals surface area (Å²) in [6, 6.07) is 12.7. The van der Waals surface area contributed by atoms with Gasteiger partial charge in [-0.25, -0.2) is 9.97 Å². The maximum atomic E-state index is 12.6. The fraction of sp³-hybridized carbons (Fsp3) is 0.346. The quantitative estimate of drug-likeness (QED) is 0.572. The molecular formula is C26H29N5O. The SMILES string of the molecule is O=C(Nc1ccc(C2CCN(c3ccccn3)CC2)cc1C1=CCCCC1)c1ncc[nH]1. The first-order valence-corrected chi connectivity index (χ1v) is 11.6. The van der Waals surface area contributed by atoms with E-state index in [0.717, 1.165) is 55.8 Å². The Morgan fingerprint density at radius 1 is 1.06 bits per heavy atom. The zero-order valence-corrected chi connectivity index (χ0v) is 18.3. The minimum atomic E-state index is -0.205. The summed E-state index contributed by atoms with van der Waals surface area (Å²) < 4.78 is 0. The van der Waals surface area contributed by atoms with Crippen LogP contribution >= 0.6 is 0 Å². The summed E-state index contributed by atoms with van der Waals surface area (Å²) in [5.41, 5.74) is 4.74. The number of nitrogens with zero attached hydrogens (tertiary/aromatic N) is 3. The first kappa shape index (κ1) is 20.5. The Kier molecular flexibility index (Phi) is 6.01. The number of imidazole rings is 1. The Hall–Kier alpha value is -3.41. The lowest BCUT2D eigenvalue weighted by Crippen LogP contribution is -2.33. The van der Waals surface area contributed by atoms with Crippen LogP contribution in [0, 0.1) is 0 Å². The van der Waals surface area contributed by atoms with Crippen molar-refractivity contribution >= 4 is 23.0 Å². The van der Waals surface area contributed by atoms with Gasteiger partial charge in [-0.15, -0.1) is 0 Å². The summed E-state index contributed by atoms with van der Waals surface area (Å²) in [7, 11) is 0. The molecule has 1 aromatic carbocycles. The lowest BCUT2D eigenvalue weighted by molar-refractivity contribution is 0.101. The number of piperidine rings is 1. The van der Waals surface area contributed by atoms with E-state index >= 15 is 0 Å². The minimum absolute atomic E-state index is 0.205. The molecule has 2 N–H and O–H groups in total. The van der Waals surface area contributed by atoms with Gasteiger partial charge < -0.3 is 15.2 Å². The molecule has 5 rings (SSSR count). The average molecular weight is 428 g/mol. The van der Waals surface area contributed by atoms with E-state index in [1.54, 1.807) is 12.4 Å². The van der Waals surface area contributed by atoms with Gasteiger partial charge in [0.15, 0.2) is 5.82 Å². The number of H-pyrrole nitrogens is 1. The number of aromatic amines is 1. The zero-order chi connectivity index (χ0) is 21.8. The molecule has 0 atom stereocenters. The van der Waals surface area contributed by atoms with E-state index < -0.39 is 0 Å². The van der Waals surface area contributed by atoms with E-state index in [0.29, 0.717) is 11.7 Å². The second-order valence-electron chi connectivity index (χ2n) is 8.62. The summed E-state index contributed by atoms with van der Waals surface area (Å²) in [5.74, 6) is 1.71. The average Bonchev–Trinajstić information content (AvgIpc) is 3.41. The van der Waals surface area contributed by atoms with Crippen molar-refractivity contribution in [1.82, 2.24) is 15.0 Å². The molecule has 0 saturated carbocycles. The number of carbonyl (C=O) groups excluding carboxylic acids is 1. The number of carbonyl (C=O) groups is 1. The predicted molar refractivity (Wildman–Crippen MR) is 128 cm³/mol. The van der Waals surface area contributed by atoms with Crippen molar-refractivity contribution in [2.75, 3.05) is 23.3 Å². The lowest BCUT2D eigenvalue weighted by Gasteiger charge is -2.33. The van der Waals surface area contributed by atoms with Gasteiger partial charge in [0.1, 0.15) is 5.82 Å². The molecule has 2 aromatic heterocycles.